The monoisotopic (exact) mass is 295 g/mol. The quantitative estimate of drug-likeness (QED) is 0.777. The van der Waals surface area contributed by atoms with E-state index in [2.05, 4.69) is 15.3 Å². The Morgan fingerprint density at radius 1 is 1.18 bits per heavy atom. The summed E-state index contributed by atoms with van der Waals surface area (Å²) >= 11 is 0. The van der Waals surface area contributed by atoms with Crippen LogP contribution in [0.5, 0.6) is 0 Å². The fraction of sp³-hybridized carbons (Fsp3) is 0.0625. The number of oxazole rings is 1. The summed E-state index contributed by atoms with van der Waals surface area (Å²) in [5.74, 6) is 0.312. The fourth-order valence-electron chi connectivity index (χ4n) is 1.98. The van der Waals surface area contributed by atoms with Gasteiger partial charge < -0.3 is 14.7 Å². The summed E-state index contributed by atoms with van der Waals surface area (Å²) in [4.78, 5) is 29.7. The van der Waals surface area contributed by atoms with Gasteiger partial charge in [0.05, 0.1) is 5.56 Å². The van der Waals surface area contributed by atoms with E-state index >= 15 is 0 Å². The topological polar surface area (TPSA) is 88.0 Å². The number of pyridine rings is 1. The highest BCUT2D eigenvalue weighted by atomic mass is 16.3. The molecule has 2 N–H and O–H groups in total. The Balaban J connectivity index is 1.74. The van der Waals surface area contributed by atoms with Crippen LogP contribution in [0.1, 0.15) is 16.2 Å². The van der Waals surface area contributed by atoms with Crippen LogP contribution in [0, 0.1) is 6.92 Å². The molecule has 0 fully saturated rings. The molecule has 0 spiro atoms. The van der Waals surface area contributed by atoms with Gasteiger partial charge in [0, 0.05) is 30.4 Å². The van der Waals surface area contributed by atoms with E-state index in [1.165, 1.54) is 18.3 Å². The normalized spacial score (nSPS) is 10.4. The molecule has 22 heavy (non-hydrogen) atoms. The molecule has 3 aromatic rings. The molecule has 0 unspecified atom stereocenters. The van der Waals surface area contributed by atoms with E-state index in [1.807, 2.05) is 12.1 Å². The van der Waals surface area contributed by atoms with Crippen molar-refractivity contribution in [2.75, 3.05) is 5.32 Å². The number of nitrogens with zero attached hydrogens (tertiary/aromatic N) is 1. The van der Waals surface area contributed by atoms with Crippen LogP contribution < -0.4 is 10.9 Å². The highest BCUT2D eigenvalue weighted by molar-refractivity contribution is 6.04. The zero-order valence-electron chi connectivity index (χ0n) is 11.8. The van der Waals surface area contributed by atoms with Gasteiger partial charge in [0.15, 0.2) is 5.89 Å². The van der Waals surface area contributed by atoms with Crippen molar-refractivity contribution in [2.45, 2.75) is 6.92 Å². The minimum absolute atomic E-state index is 0.246. The number of carbonyl (C=O) groups excluding carboxylic acids is 1. The second-order valence-corrected chi connectivity index (χ2v) is 4.72. The van der Waals surface area contributed by atoms with E-state index in [1.54, 1.807) is 25.3 Å². The molecule has 1 aromatic carbocycles. The minimum atomic E-state index is -0.290. The molecule has 0 aliphatic rings. The number of aromatic amines is 1. The molecule has 0 saturated carbocycles. The number of aryl methyl sites for hydroxylation is 1. The molecule has 6 heteroatoms. The first kappa shape index (κ1) is 13.8. The van der Waals surface area contributed by atoms with E-state index in [0.717, 1.165) is 11.3 Å². The number of anilines is 1. The highest BCUT2D eigenvalue weighted by Gasteiger charge is 2.07. The first-order valence-electron chi connectivity index (χ1n) is 6.64. The van der Waals surface area contributed by atoms with Crippen molar-refractivity contribution in [3.05, 3.63) is 70.7 Å². The van der Waals surface area contributed by atoms with Crippen molar-refractivity contribution in [3.63, 3.8) is 0 Å². The van der Waals surface area contributed by atoms with E-state index in [0.29, 0.717) is 17.1 Å². The van der Waals surface area contributed by atoms with Gasteiger partial charge in [-0.2, -0.15) is 0 Å². The van der Waals surface area contributed by atoms with Gasteiger partial charge in [0.2, 0.25) is 5.56 Å². The Morgan fingerprint density at radius 3 is 2.55 bits per heavy atom. The number of amides is 1. The fourth-order valence-corrected chi connectivity index (χ4v) is 1.98. The summed E-state index contributed by atoms with van der Waals surface area (Å²) in [7, 11) is 0. The van der Waals surface area contributed by atoms with Crippen molar-refractivity contribution in [2.24, 2.45) is 0 Å². The van der Waals surface area contributed by atoms with E-state index in [9.17, 15) is 9.59 Å². The van der Waals surface area contributed by atoms with E-state index < -0.39 is 0 Å². The maximum absolute atomic E-state index is 12.0. The minimum Gasteiger partial charge on any atom is -0.449 e. The highest BCUT2D eigenvalue weighted by Crippen LogP contribution is 2.20. The molecule has 0 aliphatic heterocycles. The van der Waals surface area contributed by atoms with Gasteiger partial charge in [0.1, 0.15) is 12.0 Å². The van der Waals surface area contributed by atoms with Gasteiger partial charge in [-0.3, -0.25) is 9.59 Å². The largest absolute Gasteiger partial charge is 0.449 e. The average molecular weight is 295 g/mol. The Morgan fingerprint density at radius 2 is 1.95 bits per heavy atom. The number of aromatic nitrogens is 2. The standard InChI is InChI=1S/C16H13N3O3/c1-10-18-14(9-22-10)11-2-5-13(6-3-11)19-16(21)12-4-7-15(20)17-8-12/h2-9H,1H3,(H,17,20)(H,19,21). The van der Waals surface area contributed by atoms with Gasteiger partial charge in [-0.25, -0.2) is 4.98 Å². The molecule has 1 amide bonds. The van der Waals surface area contributed by atoms with Gasteiger partial charge >= 0.3 is 0 Å². The average Bonchev–Trinajstić information content (AvgIpc) is 2.95. The predicted molar refractivity (Wildman–Crippen MR) is 81.7 cm³/mol. The summed E-state index contributed by atoms with van der Waals surface area (Å²) in [5.41, 5.74) is 2.44. The van der Waals surface area contributed by atoms with Crippen molar-refractivity contribution in [1.29, 1.82) is 0 Å². The first-order valence-corrected chi connectivity index (χ1v) is 6.64. The molecule has 0 aliphatic carbocycles. The molecule has 0 saturated heterocycles. The third-order valence-corrected chi connectivity index (χ3v) is 3.10. The molecule has 2 heterocycles. The molecule has 110 valence electrons. The zero-order valence-corrected chi connectivity index (χ0v) is 11.8. The van der Waals surface area contributed by atoms with Crippen LogP contribution >= 0.6 is 0 Å². The summed E-state index contributed by atoms with van der Waals surface area (Å²) < 4.78 is 5.17. The van der Waals surface area contributed by atoms with E-state index in [-0.39, 0.29) is 11.5 Å². The number of carbonyl (C=O) groups is 1. The Hall–Kier alpha value is -3.15. The Bertz CT molecular complexity index is 842. The maximum Gasteiger partial charge on any atom is 0.257 e. The Kier molecular flexibility index (Phi) is 3.57. The van der Waals surface area contributed by atoms with Gasteiger partial charge in [-0.05, 0) is 18.2 Å². The van der Waals surface area contributed by atoms with Crippen LogP contribution in [0.4, 0.5) is 5.69 Å². The third-order valence-electron chi connectivity index (χ3n) is 3.10. The van der Waals surface area contributed by atoms with Crippen molar-refractivity contribution in [1.82, 2.24) is 9.97 Å². The molecular formula is C16H13N3O3. The number of hydrogen-bond acceptors (Lipinski definition) is 4. The number of benzene rings is 1. The molecular weight excluding hydrogens is 282 g/mol. The number of H-pyrrole nitrogens is 1. The van der Waals surface area contributed by atoms with Crippen LogP contribution in [0.25, 0.3) is 11.3 Å². The summed E-state index contributed by atoms with van der Waals surface area (Å²) in [6.45, 7) is 1.78. The molecule has 0 radical (unpaired) electrons. The lowest BCUT2D eigenvalue weighted by Crippen LogP contribution is -2.14. The lowest BCUT2D eigenvalue weighted by molar-refractivity contribution is 0.102. The molecule has 3 rings (SSSR count). The summed E-state index contributed by atoms with van der Waals surface area (Å²) in [6.07, 6.45) is 2.97. The third kappa shape index (κ3) is 2.95. The number of nitrogens with one attached hydrogen (secondary N) is 2. The number of rotatable bonds is 3. The van der Waals surface area contributed by atoms with Crippen LogP contribution in [0.3, 0.4) is 0 Å². The van der Waals surface area contributed by atoms with Crippen LogP contribution in [0.2, 0.25) is 0 Å². The molecule has 0 bridgehead atoms. The van der Waals surface area contributed by atoms with Gasteiger partial charge in [-0.1, -0.05) is 12.1 Å². The second-order valence-electron chi connectivity index (χ2n) is 4.72. The Labute approximate surface area is 125 Å². The summed E-state index contributed by atoms with van der Waals surface area (Å²) in [5, 5.41) is 2.76. The van der Waals surface area contributed by atoms with E-state index in [4.69, 9.17) is 4.42 Å². The molecule has 0 atom stereocenters. The second kappa shape index (κ2) is 5.69. The smallest absolute Gasteiger partial charge is 0.257 e. The predicted octanol–water partition coefficient (Wildman–Crippen LogP) is 2.59. The lowest BCUT2D eigenvalue weighted by Gasteiger charge is -2.05. The lowest BCUT2D eigenvalue weighted by atomic mass is 10.1. The molecule has 6 nitrogen and oxygen atoms in total. The molecule has 2 aromatic heterocycles. The van der Waals surface area contributed by atoms with Crippen molar-refractivity contribution < 1.29 is 9.21 Å². The maximum atomic E-state index is 12.0. The SMILES string of the molecule is Cc1nc(-c2ccc(NC(=O)c3ccc(=O)[nH]c3)cc2)co1. The van der Waals surface area contributed by atoms with Gasteiger partial charge in [-0.15, -0.1) is 0 Å². The van der Waals surface area contributed by atoms with Crippen LogP contribution in [-0.4, -0.2) is 15.9 Å². The van der Waals surface area contributed by atoms with Crippen molar-refractivity contribution in [3.8, 4) is 11.3 Å². The summed E-state index contributed by atoms with van der Waals surface area (Å²) in [6, 6.07) is 10.0. The van der Waals surface area contributed by atoms with Crippen molar-refractivity contribution >= 4 is 11.6 Å². The van der Waals surface area contributed by atoms with Crippen LogP contribution in [0.15, 0.2) is 58.1 Å². The van der Waals surface area contributed by atoms with Gasteiger partial charge in [0.25, 0.3) is 5.91 Å². The zero-order chi connectivity index (χ0) is 15.5. The first-order chi connectivity index (χ1) is 10.6. The number of hydrogen-bond donors (Lipinski definition) is 2. The van der Waals surface area contributed by atoms with Crippen LogP contribution in [-0.2, 0) is 0 Å².